The Hall–Kier alpha value is -2.78. The number of anilines is 1. The molecule has 0 aliphatic carbocycles. The van der Waals surface area contributed by atoms with Crippen molar-refractivity contribution < 1.29 is 14.3 Å². The van der Waals surface area contributed by atoms with Gasteiger partial charge in [0, 0.05) is 18.1 Å². The Morgan fingerprint density at radius 2 is 2.15 bits per heavy atom. The highest BCUT2D eigenvalue weighted by Crippen LogP contribution is 2.25. The van der Waals surface area contributed by atoms with Crippen LogP contribution in [0.2, 0.25) is 5.02 Å². The van der Waals surface area contributed by atoms with Crippen molar-refractivity contribution in [3.63, 3.8) is 0 Å². The zero-order chi connectivity index (χ0) is 19.8. The second kappa shape index (κ2) is 7.09. The number of alkyl halides is 1. The Kier molecular flexibility index (Phi) is 4.99. The Balaban J connectivity index is 1.82. The zero-order valence-corrected chi connectivity index (χ0v) is 15.4. The van der Waals surface area contributed by atoms with Crippen LogP contribution < -0.4 is 11.1 Å². The summed E-state index contributed by atoms with van der Waals surface area (Å²) < 4.78 is 15.3. The molecular formula is C17H18ClFN6O2. The number of halogens is 2. The lowest BCUT2D eigenvalue weighted by Crippen LogP contribution is -2.42. The van der Waals surface area contributed by atoms with Gasteiger partial charge in [-0.25, -0.2) is 13.9 Å². The Labute approximate surface area is 159 Å². The number of fused-ring (bicyclic) bond motifs is 1. The number of nitrogens with zero attached hydrogens (tertiary/aromatic N) is 4. The van der Waals surface area contributed by atoms with Crippen LogP contribution in [0.5, 0.6) is 0 Å². The van der Waals surface area contributed by atoms with Crippen molar-refractivity contribution in [1.29, 1.82) is 0 Å². The van der Waals surface area contributed by atoms with Crippen LogP contribution in [0.25, 0.3) is 16.9 Å². The van der Waals surface area contributed by atoms with Gasteiger partial charge < -0.3 is 16.2 Å². The van der Waals surface area contributed by atoms with E-state index in [1.54, 1.807) is 12.4 Å². The van der Waals surface area contributed by atoms with Gasteiger partial charge in [-0.1, -0.05) is 11.6 Å². The van der Waals surface area contributed by atoms with E-state index < -0.39 is 17.7 Å². The average molecular weight is 393 g/mol. The predicted octanol–water partition coefficient (Wildman–Crippen LogP) is 1.87. The zero-order valence-electron chi connectivity index (χ0n) is 14.6. The molecule has 3 rings (SSSR count). The van der Waals surface area contributed by atoms with Crippen LogP contribution >= 0.6 is 11.6 Å². The Morgan fingerprint density at radius 1 is 1.41 bits per heavy atom. The summed E-state index contributed by atoms with van der Waals surface area (Å²) in [7, 11) is 0. The normalized spacial score (nSPS) is 12.9. The van der Waals surface area contributed by atoms with E-state index in [4.69, 9.17) is 17.3 Å². The molecule has 0 saturated carbocycles. The second-order valence-corrected chi connectivity index (χ2v) is 7.02. The van der Waals surface area contributed by atoms with Crippen LogP contribution in [-0.4, -0.2) is 48.9 Å². The van der Waals surface area contributed by atoms with Gasteiger partial charge in [0.2, 0.25) is 0 Å². The van der Waals surface area contributed by atoms with Gasteiger partial charge in [0.25, 0.3) is 5.91 Å². The first-order valence-corrected chi connectivity index (χ1v) is 8.44. The third-order valence-electron chi connectivity index (χ3n) is 3.99. The monoisotopic (exact) mass is 392 g/mol. The van der Waals surface area contributed by atoms with Crippen molar-refractivity contribution in [2.24, 2.45) is 0 Å². The molecule has 27 heavy (non-hydrogen) atoms. The summed E-state index contributed by atoms with van der Waals surface area (Å²) in [6.45, 7) is 2.31. The molecule has 3 heterocycles. The van der Waals surface area contributed by atoms with E-state index in [0.717, 1.165) is 0 Å². The summed E-state index contributed by atoms with van der Waals surface area (Å²) >= 11 is 5.89. The van der Waals surface area contributed by atoms with Gasteiger partial charge in [0.15, 0.2) is 5.65 Å². The molecule has 142 valence electrons. The molecule has 0 spiro atoms. The molecule has 3 aromatic rings. The number of carbonyl (C=O) groups excluding carboxylic acids is 1. The second-order valence-electron chi connectivity index (χ2n) is 6.59. The minimum Gasteiger partial charge on any atom is -0.398 e. The number of nitrogen functional groups attached to an aromatic ring is 1. The maximum Gasteiger partial charge on any atom is 0.255 e. The molecule has 8 nitrogen and oxygen atoms in total. The smallest absolute Gasteiger partial charge is 0.255 e. The van der Waals surface area contributed by atoms with Crippen molar-refractivity contribution in [1.82, 2.24) is 24.9 Å². The molecular weight excluding hydrogens is 375 g/mol. The number of aromatic nitrogens is 4. The number of nitrogens with one attached hydrogen (secondary N) is 1. The van der Waals surface area contributed by atoms with Crippen LogP contribution in [0.3, 0.4) is 0 Å². The van der Waals surface area contributed by atoms with Gasteiger partial charge in [-0.15, -0.1) is 0 Å². The molecule has 0 aliphatic heterocycles. The third kappa shape index (κ3) is 3.99. The van der Waals surface area contributed by atoms with Crippen molar-refractivity contribution in [3.8, 4) is 11.3 Å². The Bertz CT molecular complexity index is 1000. The van der Waals surface area contributed by atoms with Gasteiger partial charge in [0.1, 0.15) is 6.17 Å². The molecule has 0 fully saturated rings. The van der Waals surface area contributed by atoms with Gasteiger partial charge in [-0.3, -0.25) is 9.78 Å². The van der Waals surface area contributed by atoms with Crippen molar-refractivity contribution in [2.45, 2.75) is 25.6 Å². The van der Waals surface area contributed by atoms with Gasteiger partial charge >= 0.3 is 0 Å². The summed E-state index contributed by atoms with van der Waals surface area (Å²) in [5, 5.41) is 16.6. The van der Waals surface area contributed by atoms with Crippen LogP contribution in [0, 0.1) is 0 Å². The SMILES string of the molecule is CC(C)(O)C(F)CNC(=O)c1cnc(-c2cnn3cc(Cl)cnc23)cc1N. The van der Waals surface area contributed by atoms with E-state index in [-0.39, 0.29) is 17.8 Å². The van der Waals surface area contributed by atoms with E-state index in [9.17, 15) is 14.3 Å². The first-order valence-electron chi connectivity index (χ1n) is 8.06. The molecule has 4 N–H and O–H groups in total. The molecule has 0 bridgehead atoms. The molecule has 0 aliphatic rings. The minimum absolute atomic E-state index is 0.106. The lowest BCUT2D eigenvalue weighted by atomic mass is 10.0. The van der Waals surface area contributed by atoms with E-state index in [1.165, 1.54) is 36.8 Å². The highest BCUT2D eigenvalue weighted by Gasteiger charge is 2.27. The summed E-state index contributed by atoms with van der Waals surface area (Å²) in [5.74, 6) is -0.580. The fraction of sp³-hybridized carbons (Fsp3) is 0.294. The van der Waals surface area contributed by atoms with Crippen LogP contribution in [0.4, 0.5) is 10.1 Å². The summed E-state index contributed by atoms with van der Waals surface area (Å²) in [6, 6.07) is 1.52. The fourth-order valence-corrected chi connectivity index (χ4v) is 2.51. The minimum atomic E-state index is -1.62. The highest BCUT2D eigenvalue weighted by atomic mass is 35.5. The lowest BCUT2D eigenvalue weighted by Gasteiger charge is -2.22. The van der Waals surface area contributed by atoms with E-state index in [2.05, 4.69) is 20.4 Å². The predicted molar refractivity (Wildman–Crippen MR) is 99.2 cm³/mol. The fourth-order valence-electron chi connectivity index (χ4n) is 2.37. The largest absolute Gasteiger partial charge is 0.398 e. The number of nitrogens with two attached hydrogens (primary N) is 1. The van der Waals surface area contributed by atoms with E-state index in [1.807, 2.05) is 0 Å². The quantitative estimate of drug-likeness (QED) is 0.610. The molecule has 1 atom stereocenters. The average Bonchev–Trinajstić information content (AvgIpc) is 3.01. The molecule has 10 heteroatoms. The highest BCUT2D eigenvalue weighted by molar-refractivity contribution is 6.30. The lowest BCUT2D eigenvalue weighted by molar-refractivity contribution is -0.00177. The number of pyridine rings is 1. The standard InChI is InChI=1S/C17H18ClFN6O2/c1-17(2,27)14(19)7-23-16(26)10-5-21-13(3-12(10)20)11-6-24-25-8-9(18)4-22-15(11)25/h3-6,8,14,27H,7H2,1-2H3,(H2,20,21)(H,23,26). The molecule has 0 saturated heterocycles. The third-order valence-corrected chi connectivity index (χ3v) is 4.19. The van der Waals surface area contributed by atoms with Crippen molar-refractivity contribution in [2.75, 3.05) is 12.3 Å². The first kappa shape index (κ1) is 19.0. The number of hydrogen-bond acceptors (Lipinski definition) is 6. The van der Waals surface area contributed by atoms with Crippen molar-refractivity contribution >= 4 is 28.8 Å². The molecule has 1 unspecified atom stereocenters. The number of aliphatic hydroxyl groups is 1. The molecule has 1 amide bonds. The maximum atomic E-state index is 13.8. The number of hydrogen-bond donors (Lipinski definition) is 3. The van der Waals surface area contributed by atoms with Crippen molar-refractivity contribution in [3.05, 3.63) is 41.4 Å². The number of rotatable bonds is 5. The van der Waals surface area contributed by atoms with E-state index >= 15 is 0 Å². The van der Waals surface area contributed by atoms with Crippen LogP contribution in [0.1, 0.15) is 24.2 Å². The van der Waals surface area contributed by atoms with E-state index in [0.29, 0.717) is 21.9 Å². The first-order chi connectivity index (χ1) is 12.7. The topological polar surface area (TPSA) is 118 Å². The number of amides is 1. The van der Waals surface area contributed by atoms with Crippen LogP contribution in [0.15, 0.2) is 30.9 Å². The maximum absolute atomic E-state index is 13.8. The van der Waals surface area contributed by atoms with Crippen LogP contribution in [-0.2, 0) is 0 Å². The molecule has 0 aromatic carbocycles. The van der Waals surface area contributed by atoms with Gasteiger partial charge in [-0.2, -0.15) is 5.10 Å². The summed E-state index contributed by atoms with van der Waals surface area (Å²) in [5.41, 5.74) is 6.34. The summed E-state index contributed by atoms with van der Waals surface area (Å²) in [4.78, 5) is 20.7. The van der Waals surface area contributed by atoms with Gasteiger partial charge in [0.05, 0.1) is 46.4 Å². The molecule has 0 radical (unpaired) electrons. The Morgan fingerprint density at radius 3 is 2.81 bits per heavy atom. The van der Waals surface area contributed by atoms with Gasteiger partial charge in [-0.05, 0) is 19.9 Å². The molecule has 3 aromatic heterocycles. The number of carbonyl (C=O) groups is 1. The summed E-state index contributed by atoms with van der Waals surface area (Å²) in [6.07, 6.45) is 4.35.